The Kier molecular flexibility index (Phi) is 6.50. The van der Waals surface area contributed by atoms with E-state index < -0.39 is 0 Å². The molecule has 0 radical (unpaired) electrons. The molecule has 0 bridgehead atoms. The van der Waals surface area contributed by atoms with Crippen LogP contribution in [0.1, 0.15) is 53.4 Å². The van der Waals surface area contributed by atoms with E-state index in [0.29, 0.717) is 5.41 Å². The van der Waals surface area contributed by atoms with Crippen LogP contribution in [0.5, 0.6) is 0 Å². The Labute approximate surface area is 108 Å². The second kappa shape index (κ2) is 7.38. The van der Waals surface area contributed by atoms with Gasteiger partial charge >= 0.3 is 0 Å². The van der Waals surface area contributed by atoms with Gasteiger partial charge in [-0.15, -0.1) is 0 Å². The van der Waals surface area contributed by atoms with Crippen LogP contribution < -0.4 is 5.32 Å². The first-order chi connectivity index (χ1) is 8.04. The van der Waals surface area contributed by atoms with Crippen molar-refractivity contribution in [1.82, 2.24) is 10.2 Å². The van der Waals surface area contributed by atoms with E-state index in [1.807, 2.05) is 0 Å². The summed E-state index contributed by atoms with van der Waals surface area (Å²) >= 11 is 0. The summed E-state index contributed by atoms with van der Waals surface area (Å²) in [6, 6.07) is 0. The summed E-state index contributed by atoms with van der Waals surface area (Å²) < 4.78 is 0. The number of hydrogen-bond acceptors (Lipinski definition) is 2. The summed E-state index contributed by atoms with van der Waals surface area (Å²) in [5, 5.41) is 3.50. The van der Waals surface area contributed by atoms with Gasteiger partial charge in [0.15, 0.2) is 0 Å². The average Bonchev–Trinajstić information content (AvgIpc) is 2.49. The maximum absolute atomic E-state index is 3.50. The lowest BCUT2D eigenvalue weighted by molar-refractivity contribution is 0.208. The fraction of sp³-hybridized carbons (Fsp3) is 1.00. The Morgan fingerprint density at radius 3 is 2.53 bits per heavy atom. The van der Waals surface area contributed by atoms with E-state index in [4.69, 9.17) is 0 Å². The summed E-state index contributed by atoms with van der Waals surface area (Å²) in [6.07, 6.45) is 5.43. The third kappa shape index (κ3) is 5.87. The van der Waals surface area contributed by atoms with Gasteiger partial charge in [0.2, 0.25) is 0 Å². The first-order valence-corrected chi connectivity index (χ1v) is 7.47. The predicted octanol–water partition coefficient (Wildman–Crippen LogP) is 3.13. The third-order valence-electron chi connectivity index (χ3n) is 4.08. The van der Waals surface area contributed by atoms with Crippen LogP contribution in [0.2, 0.25) is 0 Å². The van der Waals surface area contributed by atoms with Gasteiger partial charge in [-0.05, 0) is 56.7 Å². The average molecular weight is 240 g/mol. The van der Waals surface area contributed by atoms with Crippen LogP contribution in [-0.2, 0) is 0 Å². The maximum Gasteiger partial charge on any atom is 0.0107 e. The van der Waals surface area contributed by atoms with Crippen molar-refractivity contribution in [3.05, 3.63) is 0 Å². The van der Waals surface area contributed by atoms with Gasteiger partial charge in [-0.25, -0.2) is 0 Å². The molecule has 1 fully saturated rings. The van der Waals surface area contributed by atoms with Crippen LogP contribution in [0.3, 0.4) is 0 Å². The number of likely N-dealkylation sites (tertiary alicyclic amines) is 1. The molecule has 1 N–H and O–H groups in total. The van der Waals surface area contributed by atoms with Gasteiger partial charge in [0.25, 0.3) is 0 Å². The number of nitrogens with one attached hydrogen (secondary N) is 1. The lowest BCUT2D eigenvalue weighted by Gasteiger charge is -2.29. The van der Waals surface area contributed by atoms with Crippen molar-refractivity contribution < 1.29 is 0 Å². The van der Waals surface area contributed by atoms with Crippen molar-refractivity contribution >= 4 is 0 Å². The van der Waals surface area contributed by atoms with Gasteiger partial charge in [-0.1, -0.05) is 27.7 Å². The topological polar surface area (TPSA) is 15.3 Å². The Hall–Kier alpha value is -0.0800. The summed E-state index contributed by atoms with van der Waals surface area (Å²) in [7, 11) is 0. The number of hydrogen-bond donors (Lipinski definition) is 1. The van der Waals surface area contributed by atoms with E-state index in [0.717, 1.165) is 12.5 Å². The maximum atomic E-state index is 3.50. The molecule has 1 atom stereocenters. The molecule has 1 unspecified atom stereocenters. The summed E-state index contributed by atoms with van der Waals surface area (Å²) in [6.45, 7) is 15.6. The number of rotatable bonds is 5. The van der Waals surface area contributed by atoms with Crippen LogP contribution in [0.15, 0.2) is 0 Å². The molecule has 1 aliphatic heterocycles. The van der Waals surface area contributed by atoms with Crippen molar-refractivity contribution in [3.8, 4) is 0 Å². The molecule has 0 aromatic carbocycles. The molecular weight excluding hydrogens is 208 g/mol. The molecule has 1 aliphatic rings. The molecule has 17 heavy (non-hydrogen) atoms. The predicted molar refractivity (Wildman–Crippen MR) is 76.4 cm³/mol. The lowest BCUT2D eigenvalue weighted by Crippen LogP contribution is -2.33. The van der Waals surface area contributed by atoms with E-state index >= 15 is 0 Å². The summed E-state index contributed by atoms with van der Waals surface area (Å²) in [5.74, 6) is 0.913. The SMILES string of the molecule is CCCNCCN1CCCC(C(C)(C)C)CC1. The second-order valence-electron chi connectivity index (χ2n) is 6.59. The minimum absolute atomic E-state index is 0.496. The largest absolute Gasteiger partial charge is 0.315 e. The summed E-state index contributed by atoms with van der Waals surface area (Å²) in [5.41, 5.74) is 0.496. The van der Waals surface area contributed by atoms with Crippen LogP contribution >= 0.6 is 0 Å². The van der Waals surface area contributed by atoms with E-state index in [1.54, 1.807) is 0 Å². The van der Waals surface area contributed by atoms with Gasteiger partial charge in [0, 0.05) is 13.1 Å². The molecular formula is C15H32N2. The molecule has 1 rings (SSSR count). The Bertz CT molecular complexity index is 196. The monoisotopic (exact) mass is 240 g/mol. The molecule has 0 aromatic rings. The molecule has 0 aliphatic carbocycles. The zero-order chi connectivity index (χ0) is 12.7. The molecule has 1 saturated heterocycles. The standard InChI is InChI=1S/C15H32N2/c1-5-9-16-10-13-17-11-6-7-14(8-12-17)15(2,3)4/h14,16H,5-13H2,1-4H3. The molecule has 0 amide bonds. The first kappa shape index (κ1) is 15.0. The highest BCUT2D eigenvalue weighted by Gasteiger charge is 2.26. The molecule has 0 saturated carbocycles. The zero-order valence-electron chi connectivity index (χ0n) is 12.4. The van der Waals surface area contributed by atoms with E-state index in [1.165, 1.54) is 51.9 Å². The van der Waals surface area contributed by atoms with Gasteiger partial charge in [0.1, 0.15) is 0 Å². The zero-order valence-corrected chi connectivity index (χ0v) is 12.4. The van der Waals surface area contributed by atoms with E-state index in [-0.39, 0.29) is 0 Å². The highest BCUT2D eigenvalue weighted by atomic mass is 15.1. The van der Waals surface area contributed by atoms with Crippen molar-refractivity contribution in [3.63, 3.8) is 0 Å². The van der Waals surface area contributed by atoms with E-state index in [2.05, 4.69) is 37.9 Å². The fourth-order valence-corrected chi connectivity index (χ4v) is 2.78. The molecule has 102 valence electrons. The molecule has 2 heteroatoms. The van der Waals surface area contributed by atoms with Crippen LogP contribution in [0, 0.1) is 11.3 Å². The number of nitrogens with zero attached hydrogens (tertiary/aromatic N) is 1. The quantitative estimate of drug-likeness (QED) is 0.743. The van der Waals surface area contributed by atoms with E-state index in [9.17, 15) is 0 Å². The smallest absolute Gasteiger partial charge is 0.0107 e. The second-order valence-corrected chi connectivity index (χ2v) is 6.59. The van der Waals surface area contributed by atoms with Gasteiger partial charge < -0.3 is 10.2 Å². The van der Waals surface area contributed by atoms with Gasteiger partial charge in [-0.2, -0.15) is 0 Å². The highest BCUT2D eigenvalue weighted by molar-refractivity contribution is 4.78. The fourth-order valence-electron chi connectivity index (χ4n) is 2.78. The third-order valence-corrected chi connectivity index (χ3v) is 4.08. The van der Waals surface area contributed by atoms with Crippen LogP contribution in [0.4, 0.5) is 0 Å². The molecule has 2 nitrogen and oxygen atoms in total. The van der Waals surface area contributed by atoms with Gasteiger partial charge in [-0.3, -0.25) is 0 Å². The first-order valence-electron chi connectivity index (χ1n) is 7.47. The highest BCUT2D eigenvalue weighted by Crippen LogP contribution is 2.34. The van der Waals surface area contributed by atoms with Crippen LogP contribution in [0.25, 0.3) is 0 Å². The normalized spacial score (nSPS) is 23.6. The van der Waals surface area contributed by atoms with Crippen molar-refractivity contribution in [2.24, 2.45) is 11.3 Å². The minimum Gasteiger partial charge on any atom is -0.315 e. The van der Waals surface area contributed by atoms with Crippen molar-refractivity contribution in [2.75, 3.05) is 32.7 Å². The summed E-state index contributed by atoms with van der Waals surface area (Å²) in [4.78, 5) is 2.65. The Morgan fingerprint density at radius 1 is 1.12 bits per heavy atom. The van der Waals surface area contributed by atoms with Crippen LogP contribution in [-0.4, -0.2) is 37.6 Å². The molecule has 1 heterocycles. The molecule has 0 aromatic heterocycles. The lowest BCUT2D eigenvalue weighted by atomic mass is 9.77. The Balaban J connectivity index is 2.23. The minimum atomic E-state index is 0.496. The van der Waals surface area contributed by atoms with Gasteiger partial charge in [0.05, 0.1) is 0 Å². The van der Waals surface area contributed by atoms with Crippen molar-refractivity contribution in [1.29, 1.82) is 0 Å². The Morgan fingerprint density at radius 2 is 1.88 bits per heavy atom. The van der Waals surface area contributed by atoms with Crippen molar-refractivity contribution in [2.45, 2.75) is 53.4 Å². The molecule has 0 spiro atoms.